The Labute approximate surface area is 80.2 Å². The molecule has 0 saturated heterocycles. The van der Waals surface area contributed by atoms with Gasteiger partial charge in [-0.3, -0.25) is 4.98 Å². The van der Waals surface area contributed by atoms with Crippen molar-refractivity contribution >= 4 is 0 Å². The van der Waals surface area contributed by atoms with Gasteiger partial charge in [0.25, 0.3) is 6.43 Å². The predicted molar refractivity (Wildman–Crippen MR) is 46.4 cm³/mol. The van der Waals surface area contributed by atoms with Crippen LogP contribution in [-0.4, -0.2) is 4.98 Å². The van der Waals surface area contributed by atoms with E-state index in [1.165, 1.54) is 12.3 Å². The van der Waals surface area contributed by atoms with Gasteiger partial charge in [-0.15, -0.1) is 0 Å². The van der Waals surface area contributed by atoms with Gasteiger partial charge in [-0.05, 0) is 11.6 Å². The summed E-state index contributed by atoms with van der Waals surface area (Å²) >= 11 is 0. The van der Waals surface area contributed by atoms with Gasteiger partial charge in [0.05, 0.1) is 18.2 Å². The summed E-state index contributed by atoms with van der Waals surface area (Å²) in [7, 11) is 0. The molecule has 3 nitrogen and oxygen atoms in total. The van der Waals surface area contributed by atoms with Gasteiger partial charge in [0.2, 0.25) is 0 Å². The maximum Gasteiger partial charge on any atom is 0.264 e. The second-order valence-corrected chi connectivity index (χ2v) is 2.67. The first-order chi connectivity index (χ1) is 6.70. The maximum absolute atomic E-state index is 12.5. The number of nitriles is 1. The van der Waals surface area contributed by atoms with Crippen LogP contribution >= 0.6 is 0 Å². The van der Waals surface area contributed by atoms with Crippen molar-refractivity contribution in [3.63, 3.8) is 0 Å². The van der Waals surface area contributed by atoms with Crippen LogP contribution in [0.2, 0.25) is 0 Å². The first-order valence-electron chi connectivity index (χ1n) is 4.02. The van der Waals surface area contributed by atoms with E-state index in [0.717, 1.165) is 0 Å². The summed E-state index contributed by atoms with van der Waals surface area (Å²) < 4.78 is 24.9. The Morgan fingerprint density at radius 1 is 1.57 bits per heavy atom. The molecule has 0 aliphatic carbocycles. The van der Waals surface area contributed by atoms with Crippen molar-refractivity contribution < 1.29 is 8.78 Å². The lowest BCUT2D eigenvalue weighted by Crippen LogP contribution is -2.08. The van der Waals surface area contributed by atoms with E-state index >= 15 is 0 Å². The quantitative estimate of drug-likeness (QED) is 0.799. The minimum absolute atomic E-state index is 0.00704. The summed E-state index contributed by atoms with van der Waals surface area (Å²) in [4.78, 5) is 3.85. The molecular weight excluding hydrogens is 188 g/mol. The number of halogens is 2. The van der Waals surface area contributed by atoms with Crippen molar-refractivity contribution in [1.82, 2.24) is 4.98 Å². The largest absolute Gasteiger partial charge is 0.326 e. The highest BCUT2D eigenvalue weighted by atomic mass is 19.3. The number of rotatable bonds is 3. The highest BCUT2D eigenvalue weighted by Crippen LogP contribution is 2.24. The summed E-state index contributed by atoms with van der Waals surface area (Å²) in [5.74, 6) is 0. The smallest absolute Gasteiger partial charge is 0.264 e. The summed E-state index contributed by atoms with van der Waals surface area (Å²) in [6, 6.07) is 3.09. The lowest BCUT2D eigenvalue weighted by atomic mass is 10.1. The molecule has 0 unspecified atom stereocenters. The van der Waals surface area contributed by atoms with Gasteiger partial charge in [0.15, 0.2) is 0 Å². The van der Waals surface area contributed by atoms with Crippen molar-refractivity contribution in [3.05, 3.63) is 29.1 Å². The SMILES string of the molecule is N#CCc1nccc(C(F)F)c1CN. The molecule has 0 spiro atoms. The fourth-order valence-corrected chi connectivity index (χ4v) is 1.22. The number of hydrogen-bond acceptors (Lipinski definition) is 3. The Morgan fingerprint density at radius 3 is 2.79 bits per heavy atom. The zero-order valence-corrected chi connectivity index (χ0v) is 7.37. The lowest BCUT2D eigenvalue weighted by Gasteiger charge is -2.09. The highest BCUT2D eigenvalue weighted by molar-refractivity contribution is 5.32. The minimum Gasteiger partial charge on any atom is -0.326 e. The number of aromatic nitrogens is 1. The van der Waals surface area contributed by atoms with Crippen molar-refractivity contribution in [3.8, 4) is 6.07 Å². The van der Waals surface area contributed by atoms with Crippen LogP contribution < -0.4 is 5.73 Å². The van der Waals surface area contributed by atoms with E-state index in [9.17, 15) is 8.78 Å². The molecule has 1 aromatic heterocycles. The van der Waals surface area contributed by atoms with E-state index < -0.39 is 6.43 Å². The van der Waals surface area contributed by atoms with Crippen molar-refractivity contribution in [2.75, 3.05) is 0 Å². The molecule has 14 heavy (non-hydrogen) atoms. The zero-order valence-electron chi connectivity index (χ0n) is 7.37. The Hall–Kier alpha value is -1.54. The van der Waals surface area contributed by atoms with Gasteiger partial charge in [-0.25, -0.2) is 8.78 Å². The second kappa shape index (κ2) is 4.63. The molecule has 0 atom stereocenters. The van der Waals surface area contributed by atoms with Crippen LogP contribution in [0.4, 0.5) is 8.78 Å². The predicted octanol–water partition coefficient (Wildman–Crippen LogP) is 1.54. The van der Waals surface area contributed by atoms with Gasteiger partial charge in [0, 0.05) is 18.3 Å². The third kappa shape index (κ3) is 2.03. The topological polar surface area (TPSA) is 62.7 Å². The molecule has 1 aromatic rings. The molecular formula is C9H9F2N3. The zero-order chi connectivity index (χ0) is 10.6. The first kappa shape index (κ1) is 10.5. The molecule has 0 amide bonds. The fraction of sp³-hybridized carbons (Fsp3) is 0.333. The van der Waals surface area contributed by atoms with E-state index in [4.69, 9.17) is 11.0 Å². The molecule has 74 valence electrons. The van der Waals surface area contributed by atoms with Crippen LogP contribution in [0.25, 0.3) is 0 Å². The fourth-order valence-electron chi connectivity index (χ4n) is 1.22. The molecule has 0 bridgehead atoms. The highest BCUT2D eigenvalue weighted by Gasteiger charge is 2.15. The van der Waals surface area contributed by atoms with E-state index in [0.29, 0.717) is 5.69 Å². The van der Waals surface area contributed by atoms with Crippen molar-refractivity contribution in [2.24, 2.45) is 5.73 Å². The molecule has 5 heteroatoms. The molecule has 0 radical (unpaired) electrons. The van der Waals surface area contributed by atoms with E-state index in [1.807, 2.05) is 6.07 Å². The third-order valence-electron chi connectivity index (χ3n) is 1.87. The molecule has 1 rings (SSSR count). The monoisotopic (exact) mass is 197 g/mol. The van der Waals surface area contributed by atoms with Crippen molar-refractivity contribution in [1.29, 1.82) is 5.26 Å². The summed E-state index contributed by atoms with van der Waals surface area (Å²) in [5, 5.41) is 8.45. The maximum atomic E-state index is 12.5. The van der Waals surface area contributed by atoms with Crippen LogP contribution in [0, 0.1) is 11.3 Å². The molecule has 0 saturated carbocycles. The number of pyridine rings is 1. The van der Waals surface area contributed by atoms with Gasteiger partial charge in [-0.1, -0.05) is 0 Å². The molecule has 0 aliphatic rings. The van der Waals surface area contributed by atoms with Crippen LogP contribution in [0.5, 0.6) is 0 Å². The third-order valence-corrected chi connectivity index (χ3v) is 1.87. The van der Waals surface area contributed by atoms with Gasteiger partial charge in [0.1, 0.15) is 0 Å². The van der Waals surface area contributed by atoms with Crippen LogP contribution in [0.1, 0.15) is 23.2 Å². The Morgan fingerprint density at radius 2 is 2.29 bits per heavy atom. The number of hydrogen-bond donors (Lipinski definition) is 1. The van der Waals surface area contributed by atoms with E-state index in [2.05, 4.69) is 4.98 Å². The minimum atomic E-state index is -2.58. The lowest BCUT2D eigenvalue weighted by molar-refractivity contribution is 0.150. The normalized spacial score (nSPS) is 10.2. The number of nitrogens with zero attached hydrogens (tertiary/aromatic N) is 2. The summed E-state index contributed by atoms with van der Waals surface area (Å²) in [5.41, 5.74) is 5.83. The molecule has 0 fully saturated rings. The molecule has 1 heterocycles. The molecule has 0 aromatic carbocycles. The first-order valence-corrected chi connectivity index (χ1v) is 4.02. The number of nitrogens with two attached hydrogens (primary N) is 1. The van der Waals surface area contributed by atoms with Crippen molar-refractivity contribution in [2.45, 2.75) is 19.4 Å². The van der Waals surface area contributed by atoms with Gasteiger partial charge >= 0.3 is 0 Å². The molecule has 2 N–H and O–H groups in total. The van der Waals surface area contributed by atoms with Crippen LogP contribution in [0.3, 0.4) is 0 Å². The summed E-state index contributed by atoms with van der Waals surface area (Å²) in [6.45, 7) is -0.0233. The standard InChI is InChI=1S/C9H9F2N3/c10-9(11)6-2-4-14-8(1-3-12)7(6)5-13/h2,4,9H,1,5,13H2. The van der Waals surface area contributed by atoms with E-state index in [1.54, 1.807) is 0 Å². The van der Waals surface area contributed by atoms with Crippen LogP contribution in [0.15, 0.2) is 12.3 Å². The van der Waals surface area contributed by atoms with E-state index in [-0.39, 0.29) is 24.1 Å². The van der Waals surface area contributed by atoms with Gasteiger partial charge in [-0.2, -0.15) is 5.26 Å². The Bertz CT molecular complexity index is 358. The van der Waals surface area contributed by atoms with Crippen LogP contribution in [-0.2, 0) is 13.0 Å². The average molecular weight is 197 g/mol. The number of alkyl halides is 2. The second-order valence-electron chi connectivity index (χ2n) is 2.67. The summed E-state index contributed by atoms with van der Waals surface area (Å²) in [6.07, 6.45) is -1.30. The Balaban J connectivity index is 3.19. The molecule has 0 aliphatic heterocycles. The Kier molecular flexibility index (Phi) is 3.48. The average Bonchev–Trinajstić information content (AvgIpc) is 2.18. The van der Waals surface area contributed by atoms with Gasteiger partial charge < -0.3 is 5.73 Å².